The summed E-state index contributed by atoms with van der Waals surface area (Å²) in [6.45, 7) is 1.57. The number of carbonyl (C=O) groups is 3. The molecule has 0 radical (unpaired) electrons. The Morgan fingerprint density at radius 3 is 2.19 bits per heavy atom. The lowest BCUT2D eigenvalue weighted by Crippen LogP contribution is -2.55. The molecule has 1 aliphatic rings. The number of hydrogen-bond donors (Lipinski definition) is 0. The van der Waals surface area contributed by atoms with E-state index in [0.717, 1.165) is 20.1 Å². The molecule has 2 amide bonds. The lowest BCUT2D eigenvalue weighted by atomic mass is 10.1. The molecule has 1 aromatic heterocycles. The molecule has 0 saturated heterocycles. The number of nitrogens with zero attached hydrogens (tertiary/aromatic N) is 2. The summed E-state index contributed by atoms with van der Waals surface area (Å²) in [5.41, 5.74) is 0.670. The Bertz CT molecular complexity index is 1060. The minimum Gasteiger partial charge on any atom is -0.269 e. The molecular formula is C20H14BrN2O3+. The Hall–Kier alpha value is -2.86. The number of rotatable bonds is 2. The highest BCUT2D eigenvalue weighted by atomic mass is 79.9. The van der Waals surface area contributed by atoms with Gasteiger partial charge in [-0.05, 0) is 41.1 Å². The highest BCUT2D eigenvalue weighted by Gasteiger charge is 2.43. The number of pyridine rings is 1. The van der Waals surface area contributed by atoms with Crippen LogP contribution in [0.3, 0.4) is 0 Å². The lowest BCUT2D eigenvalue weighted by molar-refractivity contribution is -0.575. The lowest BCUT2D eigenvalue weighted by Gasteiger charge is -2.18. The van der Waals surface area contributed by atoms with E-state index in [1.165, 1.54) is 4.57 Å². The molecule has 128 valence electrons. The maximum absolute atomic E-state index is 13.0. The summed E-state index contributed by atoms with van der Waals surface area (Å²) in [6, 6.07) is 13.3. The fourth-order valence-corrected chi connectivity index (χ4v) is 3.80. The Balaban J connectivity index is 1.71. The molecule has 0 saturated carbocycles. The predicted molar refractivity (Wildman–Crippen MR) is 98.9 cm³/mol. The molecule has 1 atom stereocenters. The Kier molecular flexibility index (Phi) is 3.92. The summed E-state index contributed by atoms with van der Waals surface area (Å²) >= 11 is 3.48. The highest BCUT2D eigenvalue weighted by Crippen LogP contribution is 2.25. The van der Waals surface area contributed by atoms with Crippen LogP contribution < -0.4 is 4.57 Å². The fraction of sp³-hybridized carbons (Fsp3) is 0.100. The van der Waals surface area contributed by atoms with Gasteiger partial charge in [-0.2, -0.15) is 0 Å². The summed E-state index contributed by atoms with van der Waals surface area (Å²) in [5, 5.41) is 1.86. The van der Waals surface area contributed by atoms with E-state index in [1.807, 2.05) is 24.3 Å². The van der Waals surface area contributed by atoms with Crippen LogP contribution in [-0.4, -0.2) is 28.7 Å². The van der Waals surface area contributed by atoms with Crippen molar-refractivity contribution in [2.24, 2.45) is 0 Å². The highest BCUT2D eigenvalue weighted by molar-refractivity contribution is 9.10. The number of imide groups is 1. The molecule has 5 nitrogen and oxygen atoms in total. The molecule has 3 aromatic rings. The Labute approximate surface area is 158 Å². The number of amides is 2. The van der Waals surface area contributed by atoms with Gasteiger partial charge < -0.3 is 0 Å². The molecule has 26 heavy (non-hydrogen) atoms. The van der Waals surface area contributed by atoms with Crippen molar-refractivity contribution in [3.05, 3.63) is 76.5 Å². The predicted octanol–water partition coefficient (Wildman–Crippen LogP) is 3.21. The fourth-order valence-electron chi connectivity index (χ4n) is 3.22. The van der Waals surface area contributed by atoms with E-state index in [2.05, 4.69) is 15.9 Å². The topological polar surface area (TPSA) is 58.3 Å². The van der Waals surface area contributed by atoms with Crippen LogP contribution in [0.1, 0.15) is 32.4 Å². The largest absolute Gasteiger partial charge is 0.415 e. The average Bonchev–Trinajstić information content (AvgIpc) is 2.91. The van der Waals surface area contributed by atoms with Crippen LogP contribution in [0.2, 0.25) is 0 Å². The molecule has 0 fully saturated rings. The molecule has 1 aliphatic heterocycles. The molecule has 2 heterocycles. The third-order valence-corrected chi connectivity index (χ3v) is 5.21. The van der Waals surface area contributed by atoms with Crippen LogP contribution in [0.25, 0.3) is 10.8 Å². The van der Waals surface area contributed by atoms with Gasteiger partial charge in [-0.1, -0.05) is 30.3 Å². The molecule has 0 aliphatic carbocycles. The van der Waals surface area contributed by atoms with Gasteiger partial charge in [-0.15, -0.1) is 4.57 Å². The van der Waals surface area contributed by atoms with Gasteiger partial charge in [0.25, 0.3) is 11.8 Å². The van der Waals surface area contributed by atoms with Crippen LogP contribution in [0.5, 0.6) is 0 Å². The van der Waals surface area contributed by atoms with Gasteiger partial charge in [0.15, 0.2) is 18.4 Å². The zero-order valence-corrected chi connectivity index (χ0v) is 15.4. The number of carbonyl (C=O) groups excluding carboxylic acids is 3. The molecule has 0 N–H and O–H groups in total. The van der Waals surface area contributed by atoms with Crippen molar-refractivity contribution < 1.29 is 19.0 Å². The second kappa shape index (κ2) is 6.14. The van der Waals surface area contributed by atoms with E-state index in [-0.39, 0.29) is 5.91 Å². The van der Waals surface area contributed by atoms with Gasteiger partial charge in [0.2, 0.25) is 0 Å². The van der Waals surface area contributed by atoms with E-state index in [1.54, 1.807) is 43.6 Å². The quantitative estimate of drug-likeness (QED) is 0.482. The van der Waals surface area contributed by atoms with E-state index in [0.29, 0.717) is 11.1 Å². The maximum Gasteiger partial charge on any atom is 0.415 e. The number of halogens is 1. The Morgan fingerprint density at radius 1 is 0.962 bits per heavy atom. The van der Waals surface area contributed by atoms with Crippen molar-refractivity contribution in [3.8, 4) is 0 Å². The van der Waals surface area contributed by atoms with Crippen molar-refractivity contribution in [1.82, 2.24) is 4.90 Å². The van der Waals surface area contributed by atoms with Crippen LogP contribution in [-0.2, 0) is 0 Å². The SMILES string of the molecule is CC(C(=O)[n+]1cc(Br)c2ccccc2c1)N1C(=O)c2ccccc2C1=O. The zero-order chi connectivity index (χ0) is 18.4. The second-order valence-corrected chi connectivity index (χ2v) is 7.00. The maximum atomic E-state index is 13.0. The number of aromatic nitrogens is 1. The average molecular weight is 410 g/mol. The van der Waals surface area contributed by atoms with Gasteiger partial charge in [0.05, 0.1) is 15.6 Å². The molecule has 0 bridgehead atoms. The first-order valence-electron chi connectivity index (χ1n) is 8.09. The summed E-state index contributed by atoms with van der Waals surface area (Å²) in [7, 11) is 0. The third kappa shape index (κ3) is 2.45. The van der Waals surface area contributed by atoms with Gasteiger partial charge in [-0.3, -0.25) is 14.5 Å². The standard InChI is InChI=1S/C20H14BrN2O3/c1-12(23-19(25)15-8-4-5-9-16(15)20(23)26)18(24)22-10-13-6-2-3-7-14(13)17(21)11-22/h2-12H,1H3/q+1. The second-order valence-electron chi connectivity index (χ2n) is 6.14. The molecule has 4 rings (SSSR count). The molecule has 6 heteroatoms. The van der Waals surface area contributed by atoms with Crippen molar-refractivity contribution in [2.75, 3.05) is 0 Å². The molecule has 1 unspecified atom stereocenters. The number of benzene rings is 2. The van der Waals surface area contributed by atoms with Crippen LogP contribution in [0.4, 0.5) is 0 Å². The number of fused-ring (bicyclic) bond motifs is 2. The summed E-state index contributed by atoms with van der Waals surface area (Å²) in [6.07, 6.45) is 3.36. The van der Waals surface area contributed by atoms with Crippen LogP contribution >= 0.6 is 15.9 Å². The summed E-state index contributed by atoms with van der Waals surface area (Å²) in [5.74, 6) is -1.23. The first-order chi connectivity index (χ1) is 12.5. The molecule has 2 aromatic carbocycles. The summed E-state index contributed by atoms with van der Waals surface area (Å²) < 4.78 is 2.18. The minimum absolute atomic E-state index is 0.335. The van der Waals surface area contributed by atoms with E-state index < -0.39 is 17.9 Å². The van der Waals surface area contributed by atoms with Gasteiger partial charge >= 0.3 is 5.91 Å². The smallest absolute Gasteiger partial charge is 0.269 e. The van der Waals surface area contributed by atoms with E-state index >= 15 is 0 Å². The first kappa shape index (κ1) is 16.6. The zero-order valence-electron chi connectivity index (χ0n) is 13.8. The third-order valence-electron chi connectivity index (χ3n) is 4.57. The van der Waals surface area contributed by atoms with Crippen LogP contribution in [0, 0.1) is 0 Å². The monoisotopic (exact) mass is 409 g/mol. The minimum atomic E-state index is -0.916. The number of hydrogen-bond acceptors (Lipinski definition) is 3. The van der Waals surface area contributed by atoms with Crippen molar-refractivity contribution >= 4 is 44.4 Å². The van der Waals surface area contributed by atoms with E-state index in [4.69, 9.17) is 0 Å². The van der Waals surface area contributed by atoms with Crippen molar-refractivity contribution in [3.63, 3.8) is 0 Å². The van der Waals surface area contributed by atoms with Gasteiger partial charge in [0, 0.05) is 10.8 Å². The Morgan fingerprint density at radius 2 is 1.54 bits per heavy atom. The molecular weight excluding hydrogens is 396 g/mol. The van der Waals surface area contributed by atoms with Gasteiger partial charge in [0.1, 0.15) is 0 Å². The van der Waals surface area contributed by atoms with Crippen molar-refractivity contribution in [2.45, 2.75) is 13.0 Å². The van der Waals surface area contributed by atoms with Gasteiger partial charge in [-0.25, -0.2) is 4.79 Å². The normalized spacial score (nSPS) is 14.6. The van der Waals surface area contributed by atoms with E-state index in [9.17, 15) is 14.4 Å². The van der Waals surface area contributed by atoms with Crippen LogP contribution in [0.15, 0.2) is 65.4 Å². The molecule has 0 spiro atoms. The van der Waals surface area contributed by atoms with Crippen molar-refractivity contribution in [1.29, 1.82) is 0 Å². The first-order valence-corrected chi connectivity index (χ1v) is 8.89. The summed E-state index contributed by atoms with van der Waals surface area (Å²) in [4.78, 5) is 39.2.